The van der Waals surface area contributed by atoms with E-state index in [1.54, 1.807) is 18.2 Å². The fraction of sp³-hybridized carbons (Fsp3) is 0.304. The van der Waals surface area contributed by atoms with E-state index in [0.29, 0.717) is 23.7 Å². The maximum Gasteiger partial charge on any atom is 0.291 e. The summed E-state index contributed by atoms with van der Waals surface area (Å²) in [5.41, 5.74) is 7.74. The Balaban J connectivity index is 0.00000256. The van der Waals surface area contributed by atoms with Gasteiger partial charge in [-0.25, -0.2) is 0 Å². The lowest BCUT2D eigenvalue weighted by atomic mass is 9.95. The number of carbonyl (C=O) groups excluding carboxylic acids is 2. The lowest BCUT2D eigenvalue weighted by Gasteiger charge is -2.29. The molecule has 2 amide bonds. The summed E-state index contributed by atoms with van der Waals surface area (Å²) in [7, 11) is 0. The minimum Gasteiger partial charge on any atom is -0.451 e. The van der Waals surface area contributed by atoms with E-state index < -0.39 is 0 Å². The predicted octanol–water partition coefficient (Wildman–Crippen LogP) is 3.89. The Labute approximate surface area is 181 Å². The standard InChI is InChI=1S/C23H25N3O3.ClH/c1-23(14-24,17-8-9-17)26-21(27)12-15-6-10-18(11-7-15)25-22(28)20-13-16-4-2-3-5-19(16)29-20;/h2-7,10-11,13,17H,8-9,12,14,24H2,1H3,(H,25,28)(H,26,27);1H. The number of hydrogen-bond acceptors (Lipinski definition) is 4. The molecule has 0 saturated heterocycles. The third kappa shape index (κ3) is 4.83. The molecule has 3 aromatic rings. The van der Waals surface area contributed by atoms with Gasteiger partial charge in [-0.1, -0.05) is 30.3 Å². The largest absolute Gasteiger partial charge is 0.451 e. The number of amides is 2. The van der Waals surface area contributed by atoms with E-state index in [-0.39, 0.29) is 41.9 Å². The second kappa shape index (κ2) is 8.90. The van der Waals surface area contributed by atoms with Gasteiger partial charge >= 0.3 is 0 Å². The van der Waals surface area contributed by atoms with Crippen LogP contribution in [0.4, 0.5) is 5.69 Å². The Hall–Kier alpha value is -2.83. The number of fused-ring (bicyclic) bond motifs is 1. The molecule has 1 aliphatic carbocycles. The van der Waals surface area contributed by atoms with Crippen LogP contribution in [-0.4, -0.2) is 23.9 Å². The molecule has 2 aromatic carbocycles. The maximum absolute atomic E-state index is 12.4. The van der Waals surface area contributed by atoms with Crippen molar-refractivity contribution >= 4 is 40.9 Å². The van der Waals surface area contributed by atoms with Crippen molar-refractivity contribution in [1.29, 1.82) is 0 Å². The molecule has 1 atom stereocenters. The molecule has 1 saturated carbocycles. The van der Waals surface area contributed by atoms with Crippen LogP contribution < -0.4 is 16.4 Å². The summed E-state index contributed by atoms with van der Waals surface area (Å²) in [5, 5.41) is 6.79. The average Bonchev–Trinajstić information content (AvgIpc) is 3.48. The summed E-state index contributed by atoms with van der Waals surface area (Å²) in [6.07, 6.45) is 2.52. The van der Waals surface area contributed by atoms with Crippen LogP contribution in [0.25, 0.3) is 11.0 Å². The van der Waals surface area contributed by atoms with Crippen molar-refractivity contribution in [1.82, 2.24) is 5.32 Å². The van der Waals surface area contributed by atoms with E-state index in [1.807, 2.05) is 43.3 Å². The Morgan fingerprint density at radius 2 is 1.83 bits per heavy atom. The summed E-state index contributed by atoms with van der Waals surface area (Å²) in [6, 6.07) is 16.4. The van der Waals surface area contributed by atoms with Crippen LogP contribution in [-0.2, 0) is 11.2 Å². The van der Waals surface area contributed by atoms with Crippen molar-refractivity contribution in [3.05, 3.63) is 65.9 Å². The number of furan rings is 1. The summed E-state index contributed by atoms with van der Waals surface area (Å²) < 4.78 is 5.58. The number of rotatable bonds is 7. The molecule has 0 radical (unpaired) electrons. The highest BCUT2D eigenvalue weighted by Crippen LogP contribution is 2.39. The second-order valence-electron chi connectivity index (χ2n) is 7.92. The zero-order valence-electron chi connectivity index (χ0n) is 16.8. The first kappa shape index (κ1) is 21.9. The quantitative estimate of drug-likeness (QED) is 0.532. The predicted molar refractivity (Wildman–Crippen MR) is 120 cm³/mol. The van der Waals surface area contributed by atoms with Gasteiger partial charge in [-0.15, -0.1) is 12.4 Å². The van der Waals surface area contributed by atoms with Crippen LogP contribution in [0.3, 0.4) is 0 Å². The van der Waals surface area contributed by atoms with Gasteiger partial charge in [0, 0.05) is 17.6 Å². The van der Waals surface area contributed by atoms with Gasteiger partial charge < -0.3 is 20.8 Å². The Morgan fingerprint density at radius 3 is 2.47 bits per heavy atom. The van der Waals surface area contributed by atoms with E-state index in [2.05, 4.69) is 10.6 Å². The molecule has 0 spiro atoms. The Bertz CT molecular complexity index is 1010. The molecule has 1 unspecified atom stereocenters. The number of halogens is 1. The van der Waals surface area contributed by atoms with E-state index in [0.717, 1.165) is 23.8 Å². The Morgan fingerprint density at radius 1 is 1.13 bits per heavy atom. The normalized spacial score (nSPS) is 15.1. The van der Waals surface area contributed by atoms with Crippen molar-refractivity contribution in [3.63, 3.8) is 0 Å². The molecule has 6 nitrogen and oxygen atoms in total. The van der Waals surface area contributed by atoms with Crippen LogP contribution >= 0.6 is 12.4 Å². The van der Waals surface area contributed by atoms with Crippen molar-refractivity contribution in [2.24, 2.45) is 11.7 Å². The van der Waals surface area contributed by atoms with E-state index in [4.69, 9.17) is 10.2 Å². The van der Waals surface area contributed by atoms with E-state index >= 15 is 0 Å². The van der Waals surface area contributed by atoms with Crippen molar-refractivity contribution in [2.45, 2.75) is 31.7 Å². The molecule has 0 bridgehead atoms. The molecule has 1 fully saturated rings. The van der Waals surface area contributed by atoms with Crippen LogP contribution in [0.1, 0.15) is 35.9 Å². The van der Waals surface area contributed by atoms with Gasteiger partial charge in [0.15, 0.2) is 5.76 Å². The van der Waals surface area contributed by atoms with Gasteiger partial charge in [-0.2, -0.15) is 0 Å². The highest BCUT2D eigenvalue weighted by Gasteiger charge is 2.41. The summed E-state index contributed by atoms with van der Waals surface area (Å²) in [4.78, 5) is 24.8. The average molecular weight is 428 g/mol. The zero-order chi connectivity index (χ0) is 20.4. The molecule has 0 aliphatic heterocycles. The highest BCUT2D eigenvalue weighted by molar-refractivity contribution is 6.04. The fourth-order valence-electron chi connectivity index (χ4n) is 3.58. The van der Waals surface area contributed by atoms with Gasteiger partial charge in [0.05, 0.1) is 12.0 Å². The first-order valence-corrected chi connectivity index (χ1v) is 9.87. The minimum atomic E-state index is -0.322. The number of nitrogens with one attached hydrogen (secondary N) is 2. The molecule has 158 valence electrons. The summed E-state index contributed by atoms with van der Waals surface area (Å²) in [5.74, 6) is 0.391. The first-order valence-electron chi connectivity index (χ1n) is 9.87. The van der Waals surface area contributed by atoms with E-state index in [9.17, 15) is 9.59 Å². The molecular weight excluding hydrogens is 402 g/mol. The molecule has 7 heteroatoms. The van der Waals surface area contributed by atoms with Gasteiger partial charge in [0.25, 0.3) is 5.91 Å². The van der Waals surface area contributed by atoms with Gasteiger partial charge in [0.2, 0.25) is 5.91 Å². The summed E-state index contributed by atoms with van der Waals surface area (Å²) >= 11 is 0. The maximum atomic E-state index is 12.4. The van der Waals surface area contributed by atoms with Crippen LogP contribution in [0.15, 0.2) is 59.0 Å². The molecular formula is C23H26ClN3O3. The topological polar surface area (TPSA) is 97.4 Å². The number of nitrogens with two attached hydrogens (primary N) is 1. The van der Waals surface area contributed by atoms with Gasteiger partial charge in [-0.05, 0) is 55.5 Å². The molecule has 4 rings (SSSR count). The van der Waals surface area contributed by atoms with Crippen molar-refractivity contribution in [3.8, 4) is 0 Å². The first-order chi connectivity index (χ1) is 14.0. The minimum absolute atomic E-state index is 0. The number of para-hydroxylation sites is 1. The molecule has 4 N–H and O–H groups in total. The van der Waals surface area contributed by atoms with E-state index in [1.165, 1.54) is 0 Å². The summed E-state index contributed by atoms with van der Waals surface area (Å²) in [6.45, 7) is 2.45. The Kier molecular flexibility index (Phi) is 6.48. The molecule has 1 aromatic heterocycles. The number of hydrogen-bond donors (Lipinski definition) is 3. The molecule has 1 aliphatic rings. The van der Waals surface area contributed by atoms with Crippen LogP contribution in [0.2, 0.25) is 0 Å². The molecule has 30 heavy (non-hydrogen) atoms. The van der Waals surface area contributed by atoms with Gasteiger partial charge in [0.1, 0.15) is 5.58 Å². The smallest absolute Gasteiger partial charge is 0.291 e. The van der Waals surface area contributed by atoms with Gasteiger partial charge in [-0.3, -0.25) is 9.59 Å². The monoisotopic (exact) mass is 427 g/mol. The lowest BCUT2D eigenvalue weighted by molar-refractivity contribution is -0.122. The number of carbonyl (C=O) groups is 2. The van der Waals surface area contributed by atoms with Crippen molar-refractivity contribution < 1.29 is 14.0 Å². The lowest BCUT2D eigenvalue weighted by Crippen LogP contribution is -2.53. The van der Waals surface area contributed by atoms with Crippen LogP contribution in [0.5, 0.6) is 0 Å². The molecule has 1 heterocycles. The number of anilines is 1. The third-order valence-electron chi connectivity index (χ3n) is 5.55. The highest BCUT2D eigenvalue weighted by atomic mass is 35.5. The SMILES string of the molecule is CC(CN)(NC(=O)Cc1ccc(NC(=O)c2cc3ccccc3o2)cc1)C1CC1.Cl. The van der Waals surface area contributed by atoms with Crippen LogP contribution in [0, 0.1) is 5.92 Å². The fourth-order valence-corrected chi connectivity index (χ4v) is 3.58. The number of benzene rings is 2. The van der Waals surface area contributed by atoms with Crippen molar-refractivity contribution in [2.75, 3.05) is 11.9 Å². The second-order valence-corrected chi connectivity index (χ2v) is 7.92. The zero-order valence-corrected chi connectivity index (χ0v) is 17.6. The third-order valence-corrected chi connectivity index (χ3v) is 5.55.